The highest BCUT2D eigenvalue weighted by Crippen LogP contribution is 2.04. The molecule has 0 amide bonds. The Labute approximate surface area is 99.4 Å². The highest BCUT2D eigenvalue weighted by atomic mass is 32.1. The molecule has 0 spiro atoms. The van der Waals surface area contributed by atoms with Crippen LogP contribution < -0.4 is 0 Å². The van der Waals surface area contributed by atoms with Crippen molar-refractivity contribution in [3.05, 3.63) is 0 Å². The van der Waals surface area contributed by atoms with E-state index in [0.29, 0.717) is 26.0 Å². The van der Waals surface area contributed by atoms with Crippen LogP contribution in [0.5, 0.6) is 0 Å². The Bertz CT molecular complexity index is 294. The van der Waals surface area contributed by atoms with E-state index in [9.17, 15) is 4.79 Å². The van der Waals surface area contributed by atoms with E-state index in [0.717, 1.165) is 0 Å². The van der Waals surface area contributed by atoms with Gasteiger partial charge in [0.25, 0.3) is 0 Å². The fourth-order valence-electron chi connectivity index (χ4n) is 0.947. The largest absolute Gasteiger partial charge is 0.464 e. The average molecular weight is 244 g/mol. The molecule has 0 radical (unpaired) electrons. The number of hydrogen-bond acceptors (Lipinski definition) is 6. The van der Waals surface area contributed by atoms with Crippen molar-refractivity contribution in [2.45, 2.75) is 25.8 Å². The third-order valence-electron chi connectivity index (χ3n) is 1.58. The van der Waals surface area contributed by atoms with E-state index in [1.54, 1.807) is 6.92 Å². The van der Waals surface area contributed by atoms with Crippen LogP contribution in [-0.2, 0) is 9.53 Å². The number of hydrogen-bond donors (Lipinski definition) is 0. The van der Waals surface area contributed by atoms with Crippen LogP contribution in [0.2, 0.25) is 0 Å². The van der Waals surface area contributed by atoms with E-state index in [1.807, 2.05) is 0 Å². The number of rotatable bonds is 7. The second-order valence-corrected chi connectivity index (χ2v) is 2.97. The Kier molecular flexibility index (Phi) is 9.02. The summed E-state index contributed by atoms with van der Waals surface area (Å²) in [4.78, 5) is 18.8. The fourth-order valence-corrected chi connectivity index (χ4v) is 1.17. The van der Waals surface area contributed by atoms with Gasteiger partial charge in [-0.1, -0.05) is 0 Å². The third-order valence-corrected chi connectivity index (χ3v) is 1.81. The first-order valence-electron chi connectivity index (χ1n) is 4.53. The van der Waals surface area contributed by atoms with Crippen molar-refractivity contribution in [3.8, 4) is 0 Å². The molecule has 82 valence electrons. The second-order valence-electron chi connectivity index (χ2n) is 2.60. The molecule has 0 fully saturated rings. The molecule has 0 aromatic rings. The van der Waals surface area contributed by atoms with E-state index in [1.165, 1.54) is 0 Å². The van der Waals surface area contributed by atoms with Gasteiger partial charge in [0.05, 0.1) is 16.9 Å². The van der Waals surface area contributed by atoms with Crippen molar-refractivity contribution in [3.63, 3.8) is 0 Å². The van der Waals surface area contributed by atoms with Crippen molar-refractivity contribution in [2.24, 2.45) is 9.98 Å². The Morgan fingerprint density at radius 3 is 2.73 bits per heavy atom. The van der Waals surface area contributed by atoms with Crippen LogP contribution in [0.3, 0.4) is 0 Å². The zero-order valence-corrected chi connectivity index (χ0v) is 10.1. The number of thiocarbonyl (C=S) groups is 2. The van der Waals surface area contributed by atoms with Crippen LogP contribution in [0.25, 0.3) is 0 Å². The molecule has 6 heteroatoms. The first kappa shape index (κ1) is 14.1. The molecule has 0 saturated heterocycles. The zero-order chi connectivity index (χ0) is 11.5. The first-order chi connectivity index (χ1) is 7.26. The van der Waals surface area contributed by atoms with Gasteiger partial charge in [0.1, 0.15) is 0 Å². The minimum Gasteiger partial charge on any atom is -0.464 e. The normalized spacial score (nSPS) is 10.7. The molecule has 0 saturated carbocycles. The molecular formula is C9H12N2O2S2. The molecule has 0 rings (SSSR count). The van der Waals surface area contributed by atoms with E-state index in [2.05, 4.69) is 44.7 Å². The van der Waals surface area contributed by atoms with E-state index in [4.69, 9.17) is 4.74 Å². The summed E-state index contributed by atoms with van der Waals surface area (Å²) in [5.41, 5.74) is 0. The maximum absolute atomic E-state index is 11.3. The summed E-state index contributed by atoms with van der Waals surface area (Å²) in [7, 11) is 0. The highest BCUT2D eigenvalue weighted by Gasteiger charge is 2.17. The summed E-state index contributed by atoms with van der Waals surface area (Å²) in [6.45, 7) is 2.61. The molecular weight excluding hydrogens is 232 g/mol. The maximum Gasteiger partial charge on any atom is 0.331 e. The lowest BCUT2D eigenvalue weighted by molar-refractivity contribution is -0.144. The van der Waals surface area contributed by atoms with Crippen LogP contribution in [-0.4, -0.2) is 35.5 Å². The maximum atomic E-state index is 11.3. The lowest BCUT2D eigenvalue weighted by atomic mass is 10.1. The van der Waals surface area contributed by atoms with Crippen LogP contribution in [0.15, 0.2) is 9.98 Å². The van der Waals surface area contributed by atoms with Crippen LogP contribution in [0.1, 0.15) is 19.8 Å². The van der Waals surface area contributed by atoms with Gasteiger partial charge in [-0.2, -0.15) is 0 Å². The van der Waals surface area contributed by atoms with Gasteiger partial charge in [-0.3, -0.25) is 0 Å². The molecule has 1 atom stereocenters. The minimum atomic E-state index is -0.567. The summed E-state index contributed by atoms with van der Waals surface area (Å²) in [6.07, 6.45) is 1.22. The third kappa shape index (κ3) is 7.05. The number of isothiocyanates is 2. The number of aliphatic imine (C=N–C) groups is 2. The summed E-state index contributed by atoms with van der Waals surface area (Å²) in [5, 5.41) is 4.44. The molecule has 15 heavy (non-hydrogen) atoms. The average Bonchev–Trinajstić information content (AvgIpc) is 2.23. The van der Waals surface area contributed by atoms with Crippen molar-refractivity contribution >= 4 is 40.7 Å². The predicted octanol–water partition coefficient (Wildman–Crippen LogP) is 1.90. The molecule has 0 bridgehead atoms. The van der Waals surface area contributed by atoms with Gasteiger partial charge in [0.15, 0.2) is 6.04 Å². The summed E-state index contributed by atoms with van der Waals surface area (Å²) in [5.74, 6) is -0.374. The van der Waals surface area contributed by atoms with Gasteiger partial charge in [-0.25, -0.2) is 14.8 Å². The zero-order valence-electron chi connectivity index (χ0n) is 8.43. The van der Waals surface area contributed by atoms with Gasteiger partial charge < -0.3 is 4.74 Å². The number of esters is 1. The molecule has 4 nitrogen and oxygen atoms in total. The summed E-state index contributed by atoms with van der Waals surface area (Å²) >= 11 is 8.87. The molecule has 0 aromatic carbocycles. The van der Waals surface area contributed by atoms with E-state index < -0.39 is 6.04 Å². The Hall–Kier alpha value is -0.930. The molecule has 0 heterocycles. The van der Waals surface area contributed by atoms with E-state index >= 15 is 0 Å². The SMILES string of the molecule is CCOC(=O)C(CCCN=C=S)N=C=S. The van der Waals surface area contributed by atoms with Gasteiger partial charge in [-0.05, 0) is 44.2 Å². The molecule has 0 aromatic heterocycles. The lowest BCUT2D eigenvalue weighted by Gasteiger charge is -2.08. The lowest BCUT2D eigenvalue weighted by Crippen LogP contribution is -2.21. The van der Waals surface area contributed by atoms with Gasteiger partial charge in [0.2, 0.25) is 0 Å². The number of carbonyl (C=O) groups is 1. The van der Waals surface area contributed by atoms with Crippen LogP contribution in [0.4, 0.5) is 0 Å². The Balaban J connectivity index is 4.09. The quantitative estimate of drug-likeness (QED) is 0.297. The van der Waals surface area contributed by atoms with Crippen molar-refractivity contribution in [1.82, 2.24) is 0 Å². The Morgan fingerprint density at radius 1 is 1.47 bits per heavy atom. The molecule has 0 aliphatic rings. The Morgan fingerprint density at radius 2 is 2.20 bits per heavy atom. The van der Waals surface area contributed by atoms with Gasteiger partial charge in [0, 0.05) is 6.54 Å². The molecule has 0 aliphatic carbocycles. The van der Waals surface area contributed by atoms with Crippen molar-refractivity contribution in [2.75, 3.05) is 13.2 Å². The first-order valence-corrected chi connectivity index (χ1v) is 5.35. The van der Waals surface area contributed by atoms with E-state index in [-0.39, 0.29) is 5.97 Å². The molecule has 0 N–H and O–H groups in total. The van der Waals surface area contributed by atoms with Crippen LogP contribution in [0, 0.1) is 0 Å². The summed E-state index contributed by atoms with van der Waals surface area (Å²) in [6, 6.07) is -0.567. The number of carbonyl (C=O) groups excluding carboxylic acids is 1. The number of nitrogens with zero attached hydrogens (tertiary/aromatic N) is 2. The van der Waals surface area contributed by atoms with Gasteiger partial charge >= 0.3 is 5.97 Å². The predicted molar refractivity (Wildman–Crippen MR) is 64.6 cm³/mol. The highest BCUT2D eigenvalue weighted by molar-refractivity contribution is 7.78. The second kappa shape index (κ2) is 9.62. The molecule has 0 aliphatic heterocycles. The van der Waals surface area contributed by atoms with Crippen molar-refractivity contribution in [1.29, 1.82) is 0 Å². The topological polar surface area (TPSA) is 51.0 Å². The summed E-state index contributed by atoms with van der Waals surface area (Å²) < 4.78 is 4.83. The number of ether oxygens (including phenoxy) is 1. The smallest absolute Gasteiger partial charge is 0.331 e. The van der Waals surface area contributed by atoms with Gasteiger partial charge in [-0.15, -0.1) is 0 Å². The minimum absolute atomic E-state index is 0.334. The van der Waals surface area contributed by atoms with Crippen LogP contribution >= 0.6 is 24.4 Å². The standard InChI is InChI=1S/C9H12N2O2S2/c1-2-13-9(12)8(11-7-15)4-3-5-10-6-14/h8H,2-5H2,1H3. The fraction of sp³-hybridized carbons (Fsp3) is 0.667. The van der Waals surface area contributed by atoms with Crippen molar-refractivity contribution < 1.29 is 9.53 Å². The molecule has 1 unspecified atom stereocenters. The monoisotopic (exact) mass is 244 g/mol.